The van der Waals surface area contributed by atoms with Gasteiger partial charge in [0.25, 0.3) is 0 Å². The number of hydrogen-bond donors (Lipinski definition) is 1. The number of ether oxygens (including phenoxy) is 1. The fraction of sp³-hybridized carbons (Fsp3) is 0.348. The van der Waals surface area contributed by atoms with E-state index in [-0.39, 0.29) is 11.7 Å². The van der Waals surface area contributed by atoms with Gasteiger partial charge in [0.2, 0.25) is 5.91 Å². The maximum absolute atomic E-state index is 12.3. The summed E-state index contributed by atoms with van der Waals surface area (Å²) in [6.45, 7) is 8.65. The lowest BCUT2D eigenvalue weighted by Crippen LogP contribution is -2.14. The molecule has 1 N–H and O–H groups in total. The zero-order valence-electron chi connectivity index (χ0n) is 18.4. The molecule has 0 aliphatic rings. The minimum absolute atomic E-state index is 0.0890. The molecule has 0 unspecified atom stereocenters. The largest absolute Gasteiger partial charge is 0.485 e. The number of rotatable bonds is 8. The Labute approximate surface area is 195 Å². The molecule has 8 heteroatoms. The molecule has 164 valence electrons. The quantitative estimate of drug-likeness (QED) is 0.404. The molecule has 0 radical (unpaired) electrons. The molecule has 31 heavy (non-hydrogen) atoms. The van der Waals surface area contributed by atoms with Gasteiger partial charge in [-0.1, -0.05) is 53.7 Å². The predicted molar refractivity (Wildman–Crippen MR) is 129 cm³/mol. The third-order valence-electron chi connectivity index (χ3n) is 4.85. The molecule has 0 fully saturated rings. The van der Waals surface area contributed by atoms with Crippen LogP contribution in [-0.2, 0) is 18.4 Å². The Morgan fingerprint density at radius 2 is 1.97 bits per heavy atom. The van der Waals surface area contributed by atoms with Crippen LogP contribution in [0.3, 0.4) is 0 Å². The van der Waals surface area contributed by atoms with E-state index in [1.807, 2.05) is 36.7 Å². The highest BCUT2D eigenvalue weighted by Gasteiger charge is 2.14. The van der Waals surface area contributed by atoms with Gasteiger partial charge in [-0.25, -0.2) is 0 Å². The van der Waals surface area contributed by atoms with Gasteiger partial charge in [0.05, 0.1) is 5.75 Å². The molecule has 3 rings (SSSR count). The first-order valence-electron chi connectivity index (χ1n) is 10.0. The lowest BCUT2D eigenvalue weighted by molar-refractivity contribution is -0.113. The van der Waals surface area contributed by atoms with E-state index in [1.54, 1.807) is 0 Å². The molecule has 0 bridgehead atoms. The first-order chi connectivity index (χ1) is 14.7. The van der Waals surface area contributed by atoms with Crippen molar-refractivity contribution in [2.45, 2.75) is 45.4 Å². The smallest absolute Gasteiger partial charge is 0.234 e. The number of carbonyl (C=O) groups is 1. The molecule has 3 aromatic rings. The molecule has 0 aliphatic carbocycles. The second-order valence-electron chi connectivity index (χ2n) is 7.74. The van der Waals surface area contributed by atoms with Crippen molar-refractivity contribution in [2.24, 2.45) is 7.05 Å². The highest BCUT2D eigenvalue weighted by Crippen LogP contribution is 2.28. The van der Waals surface area contributed by atoms with E-state index in [1.165, 1.54) is 17.3 Å². The van der Waals surface area contributed by atoms with Gasteiger partial charge in [0, 0.05) is 17.2 Å². The minimum Gasteiger partial charge on any atom is -0.485 e. The highest BCUT2D eigenvalue weighted by atomic mass is 79.9. The number of nitrogens with one attached hydrogen (secondary N) is 1. The summed E-state index contributed by atoms with van der Waals surface area (Å²) in [5.74, 6) is 2.11. The third-order valence-corrected chi connectivity index (χ3v) is 6.76. The van der Waals surface area contributed by atoms with Gasteiger partial charge in [-0.3, -0.25) is 4.79 Å². The zero-order chi connectivity index (χ0) is 22.5. The summed E-state index contributed by atoms with van der Waals surface area (Å²) in [6.07, 6.45) is 0. The van der Waals surface area contributed by atoms with E-state index in [4.69, 9.17) is 4.74 Å². The van der Waals surface area contributed by atoms with Crippen molar-refractivity contribution in [2.75, 3.05) is 11.1 Å². The van der Waals surface area contributed by atoms with Gasteiger partial charge >= 0.3 is 0 Å². The van der Waals surface area contributed by atoms with E-state index in [0.29, 0.717) is 23.5 Å². The number of aromatic nitrogens is 3. The zero-order valence-corrected chi connectivity index (χ0v) is 20.8. The summed E-state index contributed by atoms with van der Waals surface area (Å²) in [7, 11) is 1.89. The summed E-state index contributed by atoms with van der Waals surface area (Å²) >= 11 is 4.81. The summed E-state index contributed by atoms with van der Waals surface area (Å²) in [6, 6.07) is 12.0. The van der Waals surface area contributed by atoms with Crippen LogP contribution in [0, 0.1) is 13.8 Å². The maximum Gasteiger partial charge on any atom is 0.234 e. The average Bonchev–Trinajstić information content (AvgIpc) is 3.07. The first-order valence-corrected chi connectivity index (χ1v) is 11.8. The number of halogens is 1. The van der Waals surface area contributed by atoms with E-state index < -0.39 is 0 Å². The second-order valence-corrected chi connectivity index (χ2v) is 9.54. The Kier molecular flexibility index (Phi) is 7.78. The number of amides is 1. The molecular weight excluding hydrogens is 476 g/mol. The lowest BCUT2D eigenvalue weighted by Gasteiger charge is -2.14. The van der Waals surface area contributed by atoms with Crippen molar-refractivity contribution >= 4 is 39.3 Å². The monoisotopic (exact) mass is 502 g/mol. The molecule has 1 amide bonds. The Hall–Kier alpha value is -2.32. The van der Waals surface area contributed by atoms with Crippen molar-refractivity contribution in [3.8, 4) is 5.75 Å². The molecule has 0 aliphatic heterocycles. The molecule has 2 aromatic carbocycles. The Morgan fingerprint density at radius 1 is 1.19 bits per heavy atom. The minimum atomic E-state index is -0.0890. The van der Waals surface area contributed by atoms with Crippen LogP contribution in [0.1, 0.15) is 42.3 Å². The predicted octanol–water partition coefficient (Wildman–Crippen LogP) is 5.63. The fourth-order valence-corrected chi connectivity index (χ4v) is 4.01. The molecule has 1 heterocycles. The Bertz CT molecular complexity index is 1080. The number of thioether (sulfide) groups is 1. The van der Waals surface area contributed by atoms with Crippen molar-refractivity contribution in [3.05, 3.63) is 63.4 Å². The summed E-state index contributed by atoms with van der Waals surface area (Å²) < 4.78 is 8.95. The molecule has 1 aromatic heterocycles. The second kappa shape index (κ2) is 10.3. The van der Waals surface area contributed by atoms with Gasteiger partial charge in [-0.2, -0.15) is 0 Å². The third kappa shape index (κ3) is 6.11. The van der Waals surface area contributed by atoms with Crippen molar-refractivity contribution in [1.82, 2.24) is 14.8 Å². The Balaban J connectivity index is 1.58. The van der Waals surface area contributed by atoms with Gasteiger partial charge < -0.3 is 14.6 Å². The van der Waals surface area contributed by atoms with E-state index in [9.17, 15) is 4.79 Å². The lowest BCUT2D eigenvalue weighted by atomic mass is 10.0. The summed E-state index contributed by atoms with van der Waals surface area (Å²) in [5, 5.41) is 12.0. The van der Waals surface area contributed by atoms with E-state index >= 15 is 0 Å². The summed E-state index contributed by atoms with van der Waals surface area (Å²) in [5.41, 5.74) is 4.16. The standard InChI is InChI=1S/C23H27BrN4O2S/c1-14(2)18-8-6-15(3)10-20(18)30-12-21-26-27-23(28(21)5)31-13-22(29)25-17-7-9-19(24)16(4)11-17/h6-11,14H,12-13H2,1-5H3,(H,25,29). The summed E-state index contributed by atoms with van der Waals surface area (Å²) in [4.78, 5) is 12.3. The average molecular weight is 503 g/mol. The molecule has 0 saturated heterocycles. The van der Waals surface area contributed by atoms with Crippen LogP contribution in [0.4, 0.5) is 5.69 Å². The molecule has 0 atom stereocenters. The number of aryl methyl sites for hydroxylation is 2. The van der Waals surface area contributed by atoms with E-state index in [2.05, 4.69) is 70.4 Å². The molecule has 6 nitrogen and oxygen atoms in total. The van der Waals surface area contributed by atoms with Crippen LogP contribution >= 0.6 is 27.7 Å². The number of hydrogen-bond acceptors (Lipinski definition) is 5. The highest BCUT2D eigenvalue weighted by molar-refractivity contribution is 9.10. The van der Waals surface area contributed by atoms with Crippen LogP contribution in [-0.4, -0.2) is 26.4 Å². The maximum atomic E-state index is 12.3. The molecule has 0 saturated carbocycles. The normalized spacial score (nSPS) is 11.1. The van der Waals surface area contributed by atoms with Crippen LogP contribution in [0.2, 0.25) is 0 Å². The van der Waals surface area contributed by atoms with E-state index in [0.717, 1.165) is 27.0 Å². The van der Waals surface area contributed by atoms with Gasteiger partial charge in [0.1, 0.15) is 12.4 Å². The number of nitrogens with zero attached hydrogens (tertiary/aromatic N) is 3. The first kappa shape index (κ1) is 23.3. The van der Waals surface area contributed by atoms with Gasteiger partial charge in [-0.05, 0) is 60.7 Å². The van der Waals surface area contributed by atoms with Crippen LogP contribution in [0.5, 0.6) is 5.75 Å². The fourth-order valence-electron chi connectivity index (χ4n) is 3.03. The SMILES string of the molecule is Cc1ccc(C(C)C)c(OCc2nnc(SCC(=O)Nc3ccc(Br)c(C)c3)n2C)c1. The van der Waals surface area contributed by atoms with Crippen molar-refractivity contribution < 1.29 is 9.53 Å². The molecular formula is C23H27BrN4O2S. The van der Waals surface area contributed by atoms with Gasteiger partial charge in [0.15, 0.2) is 11.0 Å². The number of benzene rings is 2. The Morgan fingerprint density at radius 3 is 2.68 bits per heavy atom. The van der Waals surface area contributed by atoms with Crippen molar-refractivity contribution in [3.63, 3.8) is 0 Å². The number of anilines is 1. The van der Waals surface area contributed by atoms with Crippen LogP contribution in [0.25, 0.3) is 0 Å². The van der Waals surface area contributed by atoms with Gasteiger partial charge in [-0.15, -0.1) is 10.2 Å². The number of carbonyl (C=O) groups excluding carboxylic acids is 1. The van der Waals surface area contributed by atoms with Crippen LogP contribution in [0.15, 0.2) is 46.0 Å². The molecule has 0 spiro atoms. The topological polar surface area (TPSA) is 69.0 Å². The van der Waals surface area contributed by atoms with Crippen LogP contribution < -0.4 is 10.1 Å². The van der Waals surface area contributed by atoms with Crippen molar-refractivity contribution in [1.29, 1.82) is 0 Å².